The second-order valence-corrected chi connectivity index (χ2v) is 8.83. The van der Waals surface area contributed by atoms with Gasteiger partial charge in [0.2, 0.25) is 0 Å². The fourth-order valence-electron chi connectivity index (χ4n) is 5.01. The molecule has 0 aromatic heterocycles. The van der Waals surface area contributed by atoms with E-state index in [1.54, 1.807) is 0 Å². The highest BCUT2D eigenvalue weighted by Gasteiger charge is 2.27. The number of hydrogen-bond acceptors (Lipinski definition) is 1. The molecule has 30 heavy (non-hydrogen) atoms. The quantitative estimate of drug-likeness (QED) is 0.361. The van der Waals surface area contributed by atoms with Gasteiger partial charge in [0.05, 0.1) is 0 Å². The third-order valence-corrected chi connectivity index (χ3v) is 6.76. The Labute approximate surface area is 182 Å². The van der Waals surface area contributed by atoms with E-state index in [1.165, 1.54) is 68.4 Å². The summed E-state index contributed by atoms with van der Waals surface area (Å²) in [7, 11) is 0. The van der Waals surface area contributed by atoms with Crippen LogP contribution >= 0.6 is 0 Å². The Morgan fingerprint density at radius 1 is 0.667 bits per heavy atom. The summed E-state index contributed by atoms with van der Waals surface area (Å²) < 4.78 is 0. The Bertz CT molecular complexity index is 835. The van der Waals surface area contributed by atoms with Crippen molar-refractivity contribution in [2.24, 2.45) is 5.92 Å². The van der Waals surface area contributed by atoms with Gasteiger partial charge in [-0.2, -0.15) is 0 Å². The Kier molecular flexibility index (Phi) is 7.75. The standard InChI is InChI=1S/C29H35N/c1-4-12-25(13-5-1)14-10-11-21-30-22-19-28(20-23-30)29(27-17-8-3-9-18-27)24-26-15-6-2-7-16-26/h1-9,12-13,15-18,28-29H,10-11,14,19-24H2. The molecule has 0 saturated carbocycles. The van der Waals surface area contributed by atoms with E-state index >= 15 is 0 Å². The summed E-state index contributed by atoms with van der Waals surface area (Å²) in [4.78, 5) is 2.70. The highest BCUT2D eigenvalue weighted by molar-refractivity contribution is 5.25. The third-order valence-electron chi connectivity index (χ3n) is 6.76. The molecular weight excluding hydrogens is 362 g/mol. The first-order valence-electron chi connectivity index (χ1n) is 11.7. The molecule has 1 aliphatic heterocycles. The summed E-state index contributed by atoms with van der Waals surface area (Å²) >= 11 is 0. The Balaban J connectivity index is 1.28. The minimum atomic E-state index is 0.633. The Morgan fingerprint density at radius 2 is 1.23 bits per heavy atom. The molecule has 3 aromatic rings. The van der Waals surface area contributed by atoms with Crippen LogP contribution in [0.5, 0.6) is 0 Å². The fraction of sp³-hybridized carbons (Fsp3) is 0.379. The van der Waals surface area contributed by atoms with Gasteiger partial charge in [0, 0.05) is 0 Å². The molecule has 0 aliphatic carbocycles. The van der Waals surface area contributed by atoms with Crippen LogP contribution in [0.25, 0.3) is 0 Å². The number of unbranched alkanes of at least 4 members (excludes halogenated alkanes) is 1. The number of likely N-dealkylation sites (tertiary alicyclic amines) is 1. The molecule has 1 fully saturated rings. The van der Waals surface area contributed by atoms with Crippen LogP contribution in [0.1, 0.15) is 48.3 Å². The van der Waals surface area contributed by atoms with Crippen LogP contribution in [0.2, 0.25) is 0 Å². The first-order chi connectivity index (χ1) is 14.9. The van der Waals surface area contributed by atoms with Gasteiger partial charge in [-0.15, -0.1) is 0 Å². The molecule has 1 atom stereocenters. The third kappa shape index (κ3) is 6.06. The predicted molar refractivity (Wildman–Crippen MR) is 128 cm³/mol. The van der Waals surface area contributed by atoms with E-state index in [4.69, 9.17) is 0 Å². The van der Waals surface area contributed by atoms with Gasteiger partial charge in [-0.3, -0.25) is 0 Å². The maximum Gasteiger partial charge on any atom is -0.00159 e. The van der Waals surface area contributed by atoms with Crippen molar-refractivity contribution in [2.45, 2.75) is 44.4 Å². The van der Waals surface area contributed by atoms with Gasteiger partial charge in [-0.25, -0.2) is 0 Å². The molecule has 1 aliphatic rings. The molecule has 0 N–H and O–H groups in total. The lowest BCUT2D eigenvalue weighted by atomic mass is 9.77. The summed E-state index contributed by atoms with van der Waals surface area (Å²) in [6, 6.07) is 33.2. The molecule has 1 heteroatoms. The maximum absolute atomic E-state index is 2.70. The molecule has 1 heterocycles. The zero-order valence-electron chi connectivity index (χ0n) is 18.1. The van der Waals surface area contributed by atoms with Gasteiger partial charge in [-0.05, 0) is 86.7 Å². The zero-order valence-corrected chi connectivity index (χ0v) is 18.1. The zero-order chi connectivity index (χ0) is 20.4. The highest BCUT2D eigenvalue weighted by atomic mass is 15.1. The normalized spacial score (nSPS) is 16.4. The molecular formula is C29H35N. The number of piperidine rings is 1. The second kappa shape index (κ2) is 11.1. The van der Waals surface area contributed by atoms with Crippen LogP contribution < -0.4 is 0 Å². The van der Waals surface area contributed by atoms with E-state index in [0.29, 0.717) is 5.92 Å². The van der Waals surface area contributed by atoms with Crippen molar-refractivity contribution in [3.8, 4) is 0 Å². The van der Waals surface area contributed by atoms with Crippen molar-refractivity contribution in [1.29, 1.82) is 0 Å². The molecule has 1 nitrogen and oxygen atoms in total. The van der Waals surface area contributed by atoms with Crippen molar-refractivity contribution in [3.63, 3.8) is 0 Å². The van der Waals surface area contributed by atoms with E-state index in [-0.39, 0.29) is 0 Å². The average Bonchev–Trinajstić information content (AvgIpc) is 2.83. The van der Waals surface area contributed by atoms with Crippen molar-refractivity contribution in [3.05, 3.63) is 108 Å². The Morgan fingerprint density at radius 3 is 1.87 bits per heavy atom. The van der Waals surface area contributed by atoms with E-state index in [2.05, 4.69) is 95.9 Å². The second-order valence-electron chi connectivity index (χ2n) is 8.83. The number of hydrogen-bond donors (Lipinski definition) is 0. The monoisotopic (exact) mass is 397 g/mol. The predicted octanol–water partition coefficient (Wildman–Crippen LogP) is 6.75. The number of aryl methyl sites for hydroxylation is 1. The van der Waals surface area contributed by atoms with Gasteiger partial charge in [0.1, 0.15) is 0 Å². The lowest BCUT2D eigenvalue weighted by Crippen LogP contribution is -2.36. The van der Waals surface area contributed by atoms with Gasteiger partial charge in [0.25, 0.3) is 0 Å². The highest BCUT2D eigenvalue weighted by Crippen LogP contribution is 2.35. The largest absolute Gasteiger partial charge is 0.303 e. The van der Waals surface area contributed by atoms with Crippen molar-refractivity contribution >= 4 is 0 Å². The first kappa shape index (κ1) is 20.9. The number of rotatable bonds is 9. The maximum atomic E-state index is 2.70. The van der Waals surface area contributed by atoms with Crippen LogP contribution in [0.15, 0.2) is 91.0 Å². The molecule has 3 aromatic carbocycles. The van der Waals surface area contributed by atoms with Crippen LogP contribution in [-0.4, -0.2) is 24.5 Å². The summed E-state index contributed by atoms with van der Waals surface area (Å²) in [6.07, 6.45) is 7.63. The average molecular weight is 398 g/mol. The molecule has 1 unspecified atom stereocenters. The molecule has 0 amide bonds. The SMILES string of the molecule is c1ccc(CCCCN2CCC(C(Cc3ccccc3)c3ccccc3)CC2)cc1. The summed E-state index contributed by atoms with van der Waals surface area (Å²) in [5.74, 6) is 1.42. The summed E-state index contributed by atoms with van der Waals surface area (Å²) in [5.41, 5.74) is 4.46. The molecule has 4 rings (SSSR count). The van der Waals surface area contributed by atoms with Gasteiger partial charge < -0.3 is 4.90 Å². The van der Waals surface area contributed by atoms with Crippen LogP contribution in [0, 0.1) is 5.92 Å². The van der Waals surface area contributed by atoms with Crippen LogP contribution in [-0.2, 0) is 12.8 Å². The van der Waals surface area contributed by atoms with Gasteiger partial charge in [-0.1, -0.05) is 91.0 Å². The van der Waals surface area contributed by atoms with E-state index in [9.17, 15) is 0 Å². The Hall–Kier alpha value is -2.38. The molecule has 0 bridgehead atoms. The molecule has 0 spiro atoms. The molecule has 156 valence electrons. The van der Waals surface area contributed by atoms with E-state index in [0.717, 1.165) is 12.3 Å². The molecule has 0 radical (unpaired) electrons. The van der Waals surface area contributed by atoms with Crippen molar-refractivity contribution in [1.82, 2.24) is 4.90 Å². The van der Waals surface area contributed by atoms with E-state index < -0.39 is 0 Å². The minimum absolute atomic E-state index is 0.633. The lowest BCUT2D eigenvalue weighted by Gasteiger charge is -2.36. The number of nitrogens with zero attached hydrogens (tertiary/aromatic N) is 1. The first-order valence-corrected chi connectivity index (χ1v) is 11.7. The minimum Gasteiger partial charge on any atom is -0.303 e. The van der Waals surface area contributed by atoms with Crippen molar-refractivity contribution < 1.29 is 0 Å². The smallest absolute Gasteiger partial charge is 0.00159 e. The van der Waals surface area contributed by atoms with Crippen LogP contribution in [0.3, 0.4) is 0 Å². The summed E-state index contributed by atoms with van der Waals surface area (Å²) in [6.45, 7) is 3.77. The van der Waals surface area contributed by atoms with Crippen LogP contribution in [0.4, 0.5) is 0 Å². The molecule has 1 saturated heterocycles. The van der Waals surface area contributed by atoms with Gasteiger partial charge >= 0.3 is 0 Å². The van der Waals surface area contributed by atoms with Crippen molar-refractivity contribution in [2.75, 3.05) is 19.6 Å². The number of benzene rings is 3. The lowest BCUT2D eigenvalue weighted by molar-refractivity contribution is 0.165. The summed E-state index contributed by atoms with van der Waals surface area (Å²) in [5, 5.41) is 0. The topological polar surface area (TPSA) is 3.24 Å². The fourth-order valence-corrected chi connectivity index (χ4v) is 5.01. The van der Waals surface area contributed by atoms with E-state index in [1.807, 2.05) is 0 Å². The van der Waals surface area contributed by atoms with Gasteiger partial charge in [0.15, 0.2) is 0 Å².